The van der Waals surface area contributed by atoms with Gasteiger partial charge in [-0.15, -0.1) is 0 Å². The zero-order valence-electron chi connectivity index (χ0n) is 19.4. The second kappa shape index (κ2) is 12.8. The zero-order valence-corrected chi connectivity index (χ0v) is 19.4. The van der Waals surface area contributed by atoms with E-state index in [-0.39, 0.29) is 6.61 Å². The molecule has 0 spiro atoms. The summed E-state index contributed by atoms with van der Waals surface area (Å²) in [5.74, 6) is 0. The number of rotatable bonds is 11. The van der Waals surface area contributed by atoms with Crippen LogP contribution in [0.1, 0.15) is 16.7 Å². The fraction of sp³-hybridized carbons (Fsp3) is 0.357. The van der Waals surface area contributed by atoms with Gasteiger partial charge in [-0.25, -0.2) is 0 Å². The van der Waals surface area contributed by atoms with E-state index in [1.807, 2.05) is 91.0 Å². The number of ether oxygens (including phenoxy) is 5. The number of aliphatic hydroxyl groups excluding tert-OH is 1. The smallest absolute Gasteiger partial charge is 0.184 e. The third-order valence-electron chi connectivity index (χ3n) is 5.85. The third kappa shape index (κ3) is 6.73. The number of benzene rings is 3. The molecule has 0 aliphatic carbocycles. The van der Waals surface area contributed by atoms with Crippen molar-refractivity contribution in [1.29, 1.82) is 0 Å². The molecule has 3 aromatic carbocycles. The molecular formula is C28H32O6. The van der Waals surface area contributed by atoms with Crippen molar-refractivity contribution in [3.05, 3.63) is 108 Å². The molecule has 1 heterocycles. The van der Waals surface area contributed by atoms with E-state index in [4.69, 9.17) is 23.7 Å². The molecule has 1 aliphatic heterocycles. The van der Waals surface area contributed by atoms with E-state index in [0.717, 1.165) is 16.7 Å². The number of hydrogen-bond acceptors (Lipinski definition) is 6. The molecule has 1 aliphatic rings. The van der Waals surface area contributed by atoms with Crippen molar-refractivity contribution in [2.45, 2.75) is 50.5 Å². The van der Waals surface area contributed by atoms with Crippen LogP contribution in [0.5, 0.6) is 0 Å². The molecule has 1 saturated heterocycles. The van der Waals surface area contributed by atoms with Gasteiger partial charge in [0.15, 0.2) is 6.29 Å². The summed E-state index contributed by atoms with van der Waals surface area (Å²) in [6.07, 6.45) is -3.45. The van der Waals surface area contributed by atoms with Crippen molar-refractivity contribution < 1.29 is 28.8 Å². The predicted molar refractivity (Wildman–Crippen MR) is 128 cm³/mol. The summed E-state index contributed by atoms with van der Waals surface area (Å²) in [4.78, 5) is 0. The molecule has 1 unspecified atom stereocenters. The Morgan fingerprint density at radius 2 is 1.12 bits per heavy atom. The lowest BCUT2D eigenvalue weighted by molar-refractivity contribution is -0.311. The van der Waals surface area contributed by atoms with Crippen LogP contribution in [-0.2, 0) is 43.5 Å². The second-order valence-electron chi connectivity index (χ2n) is 8.29. The molecule has 1 fully saturated rings. The quantitative estimate of drug-likeness (QED) is 0.461. The number of methoxy groups -OCH3 is 1. The van der Waals surface area contributed by atoms with Gasteiger partial charge in [-0.1, -0.05) is 91.0 Å². The Labute approximate surface area is 201 Å². The van der Waals surface area contributed by atoms with E-state index >= 15 is 0 Å². The Balaban J connectivity index is 1.49. The fourth-order valence-corrected chi connectivity index (χ4v) is 4.07. The van der Waals surface area contributed by atoms with E-state index in [1.165, 1.54) is 7.11 Å². The second-order valence-corrected chi connectivity index (χ2v) is 8.29. The molecule has 4 rings (SSSR count). The largest absolute Gasteiger partial charge is 0.374 e. The normalized spacial score (nSPS) is 24.7. The summed E-state index contributed by atoms with van der Waals surface area (Å²) >= 11 is 0. The van der Waals surface area contributed by atoms with Gasteiger partial charge in [-0.2, -0.15) is 0 Å². The van der Waals surface area contributed by atoms with Crippen LogP contribution in [0.4, 0.5) is 0 Å². The zero-order chi connectivity index (χ0) is 23.6. The van der Waals surface area contributed by atoms with E-state index in [2.05, 4.69) is 0 Å². The SMILES string of the molecule is CO[C@H]1C(O)O[C@H](COCc2ccccc2)[C@H](OCc2ccccc2)[C@@H]1OCc1ccccc1. The maximum atomic E-state index is 10.7. The maximum Gasteiger partial charge on any atom is 0.184 e. The van der Waals surface area contributed by atoms with Gasteiger partial charge in [0.2, 0.25) is 0 Å². The molecule has 3 aromatic rings. The molecule has 0 radical (unpaired) electrons. The van der Waals surface area contributed by atoms with Crippen molar-refractivity contribution in [2.24, 2.45) is 0 Å². The summed E-state index contributed by atoms with van der Waals surface area (Å²) in [5, 5.41) is 10.7. The van der Waals surface area contributed by atoms with Crippen LogP contribution in [-0.4, -0.2) is 49.5 Å². The van der Waals surface area contributed by atoms with Crippen molar-refractivity contribution in [3.8, 4) is 0 Å². The Morgan fingerprint density at radius 3 is 1.62 bits per heavy atom. The van der Waals surface area contributed by atoms with Gasteiger partial charge in [0, 0.05) is 7.11 Å². The summed E-state index contributed by atoms with van der Waals surface area (Å²) < 4.78 is 30.1. The van der Waals surface area contributed by atoms with Gasteiger partial charge >= 0.3 is 0 Å². The van der Waals surface area contributed by atoms with Crippen LogP contribution in [0, 0.1) is 0 Å². The van der Waals surface area contributed by atoms with Crippen LogP contribution in [0.15, 0.2) is 91.0 Å². The minimum absolute atomic E-state index is 0.243. The molecule has 180 valence electrons. The monoisotopic (exact) mass is 464 g/mol. The Kier molecular flexibility index (Phi) is 9.21. The lowest BCUT2D eigenvalue weighted by Crippen LogP contribution is -2.61. The van der Waals surface area contributed by atoms with Crippen LogP contribution in [0.25, 0.3) is 0 Å². The van der Waals surface area contributed by atoms with Crippen molar-refractivity contribution in [3.63, 3.8) is 0 Å². The van der Waals surface area contributed by atoms with Crippen LogP contribution in [0.3, 0.4) is 0 Å². The molecule has 6 heteroatoms. The Bertz CT molecular complexity index is 952. The van der Waals surface area contributed by atoms with E-state index in [0.29, 0.717) is 19.8 Å². The van der Waals surface area contributed by atoms with Crippen molar-refractivity contribution in [2.75, 3.05) is 13.7 Å². The molecule has 0 aromatic heterocycles. The molecule has 5 atom stereocenters. The highest BCUT2D eigenvalue weighted by molar-refractivity contribution is 5.15. The van der Waals surface area contributed by atoms with Crippen molar-refractivity contribution in [1.82, 2.24) is 0 Å². The van der Waals surface area contributed by atoms with E-state index < -0.39 is 30.7 Å². The Hall–Kier alpha value is -2.58. The first kappa shape index (κ1) is 24.5. The molecule has 0 amide bonds. The molecule has 0 saturated carbocycles. The van der Waals surface area contributed by atoms with Crippen LogP contribution in [0.2, 0.25) is 0 Å². The van der Waals surface area contributed by atoms with E-state index in [9.17, 15) is 5.11 Å². The average Bonchev–Trinajstić information content (AvgIpc) is 2.88. The highest BCUT2D eigenvalue weighted by atomic mass is 16.7. The summed E-state index contributed by atoms with van der Waals surface area (Å²) in [7, 11) is 1.54. The fourth-order valence-electron chi connectivity index (χ4n) is 4.07. The van der Waals surface area contributed by atoms with Gasteiger partial charge in [-0.3, -0.25) is 0 Å². The summed E-state index contributed by atoms with van der Waals surface area (Å²) in [5.41, 5.74) is 3.12. The van der Waals surface area contributed by atoms with Crippen molar-refractivity contribution >= 4 is 0 Å². The van der Waals surface area contributed by atoms with Gasteiger partial charge in [0.1, 0.15) is 24.4 Å². The molecular weight excluding hydrogens is 432 g/mol. The number of hydrogen-bond donors (Lipinski definition) is 1. The highest BCUT2D eigenvalue weighted by Gasteiger charge is 2.47. The third-order valence-corrected chi connectivity index (χ3v) is 5.85. The Morgan fingerprint density at radius 1 is 0.647 bits per heavy atom. The van der Waals surface area contributed by atoms with Crippen LogP contribution < -0.4 is 0 Å². The summed E-state index contributed by atoms with van der Waals surface area (Å²) in [6, 6.07) is 29.8. The number of aliphatic hydroxyl groups is 1. The average molecular weight is 465 g/mol. The standard InChI is InChI=1S/C28H32O6/c1-30-27-26(33-19-23-15-9-4-10-16-23)25(32-18-22-13-7-3-8-14-22)24(34-28(27)29)20-31-17-21-11-5-2-6-12-21/h2-16,24-29H,17-20H2,1H3/t24-,25+,26+,27-,28?/m1/s1. The van der Waals surface area contributed by atoms with Gasteiger partial charge in [0.05, 0.1) is 26.4 Å². The minimum atomic E-state index is -1.16. The first-order valence-corrected chi connectivity index (χ1v) is 11.5. The van der Waals surface area contributed by atoms with Crippen LogP contribution >= 0.6 is 0 Å². The first-order chi connectivity index (χ1) is 16.7. The molecule has 34 heavy (non-hydrogen) atoms. The molecule has 6 nitrogen and oxygen atoms in total. The van der Waals surface area contributed by atoms with Gasteiger partial charge in [0.25, 0.3) is 0 Å². The lowest BCUT2D eigenvalue weighted by atomic mass is 9.98. The topological polar surface area (TPSA) is 66.4 Å². The minimum Gasteiger partial charge on any atom is -0.374 e. The molecule has 0 bridgehead atoms. The van der Waals surface area contributed by atoms with E-state index in [1.54, 1.807) is 0 Å². The molecule has 1 N–H and O–H groups in total. The first-order valence-electron chi connectivity index (χ1n) is 11.5. The van der Waals surface area contributed by atoms with Gasteiger partial charge < -0.3 is 28.8 Å². The highest BCUT2D eigenvalue weighted by Crippen LogP contribution is 2.29. The van der Waals surface area contributed by atoms with Gasteiger partial charge in [-0.05, 0) is 16.7 Å². The summed E-state index contributed by atoms with van der Waals surface area (Å²) in [6.45, 7) is 1.42. The maximum absolute atomic E-state index is 10.7. The predicted octanol–water partition coefficient (Wildman–Crippen LogP) is 4.11. The lowest BCUT2D eigenvalue weighted by Gasteiger charge is -2.44.